The predicted molar refractivity (Wildman–Crippen MR) is 66.4 cm³/mol. The summed E-state index contributed by atoms with van der Waals surface area (Å²) in [6, 6.07) is 0.0744. The Labute approximate surface area is 103 Å². The van der Waals surface area contributed by atoms with Gasteiger partial charge in [0, 0.05) is 19.3 Å². The summed E-state index contributed by atoms with van der Waals surface area (Å²) in [5.41, 5.74) is 0. The van der Waals surface area contributed by atoms with E-state index in [1.54, 1.807) is 0 Å². The van der Waals surface area contributed by atoms with Gasteiger partial charge in [0.15, 0.2) is 0 Å². The molecule has 100 valence electrons. The Bertz CT molecular complexity index is 294. The van der Waals surface area contributed by atoms with E-state index in [9.17, 15) is 8.42 Å². The highest BCUT2D eigenvalue weighted by Gasteiger charge is 2.24. The molecule has 2 saturated heterocycles. The van der Waals surface area contributed by atoms with Crippen LogP contribution in [0.25, 0.3) is 0 Å². The Morgan fingerprint density at radius 1 is 1.24 bits per heavy atom. The highest BCUT2D eigenvalue weighted by Crippen LogP contribution is 2.14. The third kappa shape index (κ3) is 4.54. The summed E-state index contributed by atoms with van der Waals surface area (Å²) in [6.45, 7) is 3.18. The van der Waals surface area contributed by atoms with Gasteiger partial charge in [-0.25, -0.2) is 13.1 Å². The van der Waals surface area contributed by atoms with Crippen molar-refractivity contribution in [3.8, 4) is 0 Å². The number of hydrogen-bond acceptors (Lipinski definition) is 4. The lowest BCUT2D eigenvalue weighted by atomic mass is 10.0. The molecule has 2 heterocycles. The normalized spacial score (nSPS) is 28.1. The molecule has 0 amide bonds. The molecule has 0 saturated carbocycles. The van der Waals surface area contributed by atoms with E-state index in [0.717, 1.165) is 38.8 Å². The molecular weight excluding hydrogens is 240 g/mol. The van der Waals surface area contributed by atoms with Crippen LogP contribution in [0.1, 0.15) is 25.7 Å². The van der Waals surface area contributed by atoms with E-state index in [2.05, 4.69) is 10.0 Å². The van der Waals surface area contributed by atoms with Gasteiger partial charge in [0.05, 0.1) is 5.75 Å². The molecule has 0 aromatic rings. The fraction of sp³-hybridized carbons (Fsp3) is 1.00. The van der Waals surface area contributed by atoms with E-state index in [1.165, 1.54) is 0 Å². The van der Waals surface area contributed by atoms with Crippen LogP contribution < -0.4 is 10.0 Å². The summed E-state index contributed by atoms with van der Waals surface area (Å²) in [5.74, 6) is 0.526. The van der Waals surface area contributed by atoms with E-state index in [1.807, 2.05) is 0 Å². The fourth-order valence-electron chi connectivity index (χ4n) is 2.49. The van der Waals surface area contributed by atoms with Crippen molar-refractivity contribution in [2.75, 3.05) is 32.1 Å². The number of piperidine rings is 1. The smallest absolute Gasteiger partial charge is 0.212 e. The topological polar surface area (TPSA) is 67.4 Å². The average Bonchev–Trinajstić information content (AvgIpc) is 2.30. The molecule has 6 heteroatoms. The lowest BCUT2D eigenvalue weighted by molar-refractivity contribution is 0.0832. The molecule has 2 aliphatic heterocycles. The lowest BCUT2D eigenvalue weighted by Crippen LogP contribution is -2.43. The van der Waals surface area contributed by atoms with E-state index >= 15 is 0 Å². The monoisotopic (exact) mass is 262 g/mol. The summed E-state index contributed by atoms with van der Waals surface area (Å²) >= 11 is 0. The van der Waals surface area contributed by atoms with Gasteiger partial charge in [-0.3, -0.25) is 0 Å². The summed E-state index contributed by atoms with van der Waals surface area (Å²) in [6.07, 6.45) is 3.68. The van der Waals surface area contributed by atoms with Gasteiger partial charge in [-0.2, -0.15) is 0 Å². The van der Waals surface area contributed by atoms with Gasteiger partial charge in [-0.05, 0) is 44.7 Å². The number of nitrogens with one attached hydrogen (secondary N) is 2. The van der Waals surface area contributed by atoms with Gasteiger partial charge in [-0.1, -0.05) is 0 Å². The molecule has 0 spiro atoms. The molecule has 0 aromatic carbocycles. The molecule has 2 aliphatic rings. The number of hydrogen-bond donors (Lipinski definition) is 2. The summed E-state index contributed by atoms with van der Waals surface area (Å²) < 4.78 is 32.0. The van der Waals surface area contributed by atoms with Crippen LogP contribution in [-0.4, -0.2) is 46.5 Å². The van der Waals surface area contributed by atoms with E-state index in [4.69, 9.17) is 4.74 Å². The highest BCUT2D eigenvalue weighted by atomic mass is 32.2. The number of rotatable bonds is 4. The maximum absolute atomic E-state index is 12.0. The molecule has 17 heavy (non-hydrogen) atoms. The third-order valence-electron chi connectivity index (χ3n) is 3.42. The fourth-order valence-corrected chi connectivity index (χ4v) is 4.24. The van der Waals surface area contributed by atoms with Crippen LogP contribution in [0.4, 0.5) is 0 Å². The first-order valence-electron chi connectivity index (χ1n) is 6.44. The largest absolute Gasteiger partial charge is 0.381 e. The van der Waals surface area contributed by atoms with Crippen molar-refractivity contribution in [1.82, 2.24) is 10.0 Å². The zero-order chi connectivity index (χ0) is 12.1. The minimum absolute atomic E-state index is 0.0744. The molecule has 0 aromatic heterocycles. The molecule has 5 nitrogen and oxygen atoms in total. The van der Waals surface area contributed by atoms with Crippen molar-refractivity contribution >= 4 is 10.0 Å². The number of sulfonamides is 1. The van der Waals surface area contributed by atoms with E-state index in [-0.39, 0.29) is 17.7 Å². The second kappa shape index (κ2) is 6.13. The Kier molecular flexibility index (Phi) is 4.78. The van der Waals surface area contributed by atoms with Crippen molar-refractivity contribution in [2.45, 2.75) is 31.7 Å². The van der Waals surface area contributed by atoms with Crippen molar-refractivity contribution in [3.05, 3.63) is 0 Å². The lowest BCUT2D eigenvalue weighted by Gasteiger charge is -2.26. The molecule has 2 rings (SSSR count). The Morgan fingerprint density at radius 2 is 2.00 bits per heavy atom. The average molecular weight is 262 g/mol. The van der Waals surface area contributed by atoms with Crippen molar-refractivity contribution in [3.63, 3.8) is 0 Å². The van der Waals surface area contributed by atoms with Crippen molar-refractivity contribution < 1.29 is 13.2 Å². The maximum atomic E-state index is 12.0. The molecule has 0 radical (unpaired) electrons. The van der Waals surface area contributed by atoms with Gasteiger partial charge in [0.25, 0.3) is 0 Å². The Balaban J connectivity index is 1.80. The molecule has 1 unspecified atom stereocenters. The second-order valence-corrected chi connectivity index (χ2v) is 6.80. The quantitative estimate of drug-likeness (QED) is 0.753. The first kappa shape index (κ1) is 13.3. The first-order chi connectivity index (χ1) is 8.16. The van der Waals surface area contributed by atoms with Gasteiger partial charge >= 0.3 is 0 Å². The van der Waals surface area contributed by atoms with Crippen molar-refractivity contribution in [1.29, 1.82) is 0 Å². The van der Waals surface area contributed by atoms with Gasteiger partial charge in [0.1, 0.15) is 0 Å². The van der Waals surface area contributed by atoms with Crippen LogP contribution in [0.2, 0.25) is 0 Å². The zero-order valence-electron chi connectivity index (χ0n) is 10.2. The van der Waals surface area contributed by atoms with Crippen LogP contribution in [0.5, 0.6) is 0 Å². The molecule has 2 fully saturated rings. The Hall–Kier alpha value is -0.170. The standard InChI is InChI=1S/C11H22N2O3S/c14-17(15,9-10-2-1-5-12-8-10)13-11-3-6-16-7-4-11/h10-13H,1-9H2. The highest BCUT2D eigenvalue weighted by molar-refractivity contribution is 7.89. The van der Waals surface area contributed by atoms with Gasteiger partial charge in [0.2, 0.25) is 10.0 Å². The summed E-state index contributed by atoms with van der Waals surface area (Å²) in [5, 5.41) is 3.25. The van der Waals surface area contributed by atoms with Gasteiger partial charge in [-0.15, -0.1) is 0 Å². The van der Waals surface area contributed by atoms with Crippen LogP contribution in [-0.2, 0) is 14.8 Å². The molecule has 0 bridgehead atoms. The second-order valence-electron chi connectivity index (χ2n) is 5.00. The van der Waals surface area contributed by atoms with Crippen LogP contribution >= 0.6 is 0 Å². The Morgan fingerprint density at radius 3 is 2.65 bits per heavy atom. The van der Waals surface area contributed by atoms with E-state index in [0.29, 0.717) is 13.2 Å². The summed E-state index contributed by atoms with van der Waals surface area (Å²) in [7, 11) is -3.13. The minimum Gasteiger partial charge on any atom is -0.381 e. The molecule has 1 atom stereocenters. The summed E-state index contributed by atoms with van der Waals surface area (Å²) in [4.78, 5) is 0. The maximum Gasteiger partial charge on any atom is 0.212 e. The van der Waals surface area contributed by atoms with Crippen LogP contribution in [0, 0.1) is 5.92 Å². The van der Waals surface area contributed by atoms with Crippen LogP contribution in [0.15, 0.2) is 0 Å². The minimum atomic E-state index is -3.13. The SMILES string of the molecule is O=S(=O)(CC1CCCNC1)NC1CCOCC1. The third-order valence-corrected chi connectivity index (χ3v) is 5.02. The molecule has 2 N–H and O–H groups in total. The zero-order valence-corrected chi connectivity index (χ0v) is 11.0. The number of ether oxygens (including phenoxy) is 1. The van der Waals surface area contributed by atoms with Crippen molar-refractivity contribution in [2.24, 2.45) is 5.92 Å². The first-order valence-corrected chi connectivity index (χ1v) is 8.09. The van der Waals surface area contributed by atoms with Gasteiger partial charge < -0.3 is 10.1 Å². The predicted octanol–water partition coefficient (Wildman–Crippen LogP) is 0.0844. The molecular formula is C11H22N2O3S. The van der Waals surface area contributed by atoms with Crippen LogP contribution in [0.3, 0.4) is 0 Å². The molecule has 0 aliphatic carbocycles. The van der Waals surface area contributed by atoms with E-state index < -0.39 is 10.0 Å².